The summed E-state index contributed by atoms with van der Waals surface area (Å²) in [7, 11) is 0. The normalized spacial score (nSPS) is 16.8. The highest BCUT2D eigenvalue weighted by Gasteiger charge is 2.21. The van der Waals surface area contributed by atoms with Crippen LogP contribution in [-0.2, 0) is 11.2 Å². The van der Waals surface area contributed by atoms with Crippen molar-refractivity contribution in [2.45, 2.75) is 39.2 Å². The lowest BCUT2D eigenvalue weighted by atomic mass is 10.1. The standard InChI is InChI=1S/C18H29N3O2/c1-3-19-18(20-11-7-8-12-22-4-2)21-14-16-13-15-9-5-6-10-17(15)23-16/h5-6,9-10,16H,3-4,7-8,11-14H2,1-2H3,(H2,19,20,21). The Morgan fingerprint density at radius 2 is 2.13 bits per heavy atom. The van der Waals surface area contributed by atoms with Crippen LogP contribution in [0.25, 0.3) is 0 Å². The molecule has 0 fully saturated rings. The fourth-order valence-corrected chi connectivity index (χ4v) is 2.57. The van der Waals surface area contributed by atoms with E-state index in [0.29, 0.717) is 6.54 Å². The van der Waals surface area contributed by atoms with Crippen molar-refractivity contribution in [1.82, 2.24) is 10.6 Å². The summed E-state index contributed by atoms with van der Waals surface area (Å²) in [6.07, 6.45) is 3.23. The first kappa shape index (κ1) is 17.6. The van der Waals surface area contributed by atoms with Gasteiger partial charge in [-0.3, -0.25) is 0 Å². The second-order valence-electron chi connectivity index (χ2n) is 5.60. The van der Waals surface area contributed by atoms with E-state index in [1.165, 1.54) is 5.56 Å². The van der Waals surface area contributed by atoms with Gasteiger partial charge >= 0.3 is 0 Å². The molecule has 0 bridgehead atoms. The molecule has 128 valence electrons. The number of nitrogens with one attached hydrogen (secondary N) is 2. The molecule has 1 heterocycles. The largest absolute Gasteiger partial charge is 0.488 e. The van der Waals surface area contributed by atoms with E-state index >= 15 is 0 Å². The number of rotatable bonds is 9. The van der Waals surface area contributed by atoms with Gasteiger partial charge in [0, 0.05) is 32.7 Å². The van der Waals surface area contributed by atoms with Gasteiger partial charge in [0.15, 0.2) is 5.96 Å². The van der Waals surface area contributed by atoms with E-state index in [9.17, 15) is 0 Å². The van der Waals surface area contributed by atoms with Gasteiger partial charge in [-0.15, -0.1) is 0 Å². The number of hydrogen-bond acceptors (Lipinski definition) is 3. The Labute approximate surface area is 139 Å². The highest BCUT2D eigenvalue weighted by Crippen LogP contribution is 2.28. The van der Waals surface area contributed by atoms with Gasteiger partial charge in [0.1, 0.15) is 11.9 Å². The third kappa shape index (κ3) is 6.10. The Morgan fingerprint density at radius 1 is 1.26 bits per heavy atom. The van der Waals surface area contributed by atoms with Gasteiger partial charge in [-0.05, 0) is 38.3 Å². The molecule has 2 rings (SSSR count). The lowest BCUT2D eigenvalue weighted by Crippen LogP contribution is -2.38. The van der Waals surface area contributed by atoms with E-state index in [0.717, 1.165) is 57.3 Å². The second kappa shape index (κ2) is 10.1. The number of fused-ring (bicyclic) bond motifs is 1. The summed E-state index contributed by atoms with van der Waals surface area (Å²) < 4.78 is 11.3. The predicted molar refractivity (Wildman–Crippen MR) is 94.3 cm³/mol. The summed E-state index contributed by atoms with van der Waals surface area (Å²) in [5.74, 6) is 1.87. The first-order valence-corrected chi connectivity index (χ1v) is 8.68. The number of hydrogen-bond donors (Lipinski definition) is 2. The van der Waals surface area contributed by atoms with Crippen molar-refractivity contribution in [1.29, 1.82) is 0 Å². The Hall–Kier alpha value is -1.75. The van der Waals surface area contributed by atoms with Gasteiger partial charge < -0.3 is 20.1 Å². The van der Waals surface area contributed by atoms with Crippen molar-refractivity contribution in [2.24, 2.45) is 4.99 Å². The maximum absolute atomic E-state index is 5.93. The number of para-hydroxylation sites is 1. The van der Waals surface area contributed by atoms with E-state index in [2.05, 4.69) is 34.7 Å². The molecule has 1 aliphatic heterocycles. The molecule has 1 aromatic rings. The third-order valence-corrected chi connectivity index (χ3v) is 3.72. The van der Waals surface area contributed by atoms with E-state index in [1.54, 1.807) is 0 Å². The molecule has 0 spiro atoms. The molecule has 0 radical (unpaired) electrons. The molecule has 5 heteroatoms. The average Bonchev–Trinajstić information content (AvgIpc) is 2.98. The molecule has 0 aliphatic carbocycles. The third-order valence-electron chi connectivity index (χ3n) is 3.72. The number of benzene rings is 1. The van der Waals surface area contributed by atoms with Crippen LogP contribution in [0.15, 0.2) is 29.3 Å². The Balaban J connectivity index is 1.72. The van der Waals surface area contributed by atoms with Crippen molar-refractivity contribution >= 4 is 5.96 Å². The van der Waals surface area contributed by atoms with E-state index in [1.807, 2.05) is 19.1 Å². The van der Waals surface area contributed by atoms with Crippen LogP contribution in [0.2, 0.25) is 0 Å². The van der Waals surface area contributed by atoms with Gasteiger partial charge in [-0.25, -0.2) is 4.99 Å². The Kier molecular flexibility index (Phi) is 7.73. The van der Waals surface area contributed by atoms with Crippen molar-refractivity contribution in [3.05, 3.63) is 29.8 Å². The molecule has 1 aromatic carbocycles. The Bertz CT molecular complexity index is 466. The minimum absolute atomic E-state index is 0.140. The summed E-state index contributed by atoms with van der Waals surface area (Å²) >= 11 is 0. The van der Waals surface area contributed by atoms with Crippen LogP contribution in [0.1, 0.15) is 32.3 Å². The fourth-order valence-electron chi connectivity index (χ4n) is 2.57. The summed E-state index contributed by atoms with van der Waals surface area (Å²) in [6.45, 7) is 8.16. The van der Waals surface area contributed by atoms with Crippen LogP contribution in [0.4, 0.5) is 0 Å². The molecule has 1 atom stereocenters. The van der Waals surface area contributed by atoms with Crippen molar-refractivity contribution in [3.63, 3.8) is 0 Å². The highest BCUT2D eigenvalue weighted by atomic mass is 16.5. The molecule has 1 aliphatic rings. The summed E-state index contributed by atoms with van der Waals surface area (Å²) in [6, 6.07) is 8.22. The lowest BCUT2D eigenvalue weighted by Gasteiger charge is -2.13. The zero-order valence-electron chi connectivity index (χ0n) is 14.3. The molecule has 5 nitrogen and oxygen atoms in total. The van der Waals surface area contributed by atoms with Crippen LogP contribution in [0, 0.1) is 0 Å². The molecular weight excluding hydrogens is 290 g/mol. The van der Waals surface area contributed by atoms with Crippen LogP contribution < -0.4 is 15.4 Å². The molecule has 0 saturated carbocycles. The van der Waals surface area contributed by atoms with Gasteiger partial charge in [0.05, 0.1) is 6.54 Å². The first-order chi connectivity index (χ1) is 11.3. The quantitative estimate of drug-likeness (QED) is 0.417. The van der Waals surface area contributed by atoms with Crippen LogP contribution in [-0.4, -0.2) is 44.9 Å². The van der Waals surface area contributed by atoms with E-state index in [-0.39, 0.29) is 6.10 Å². The maximum atomic E-state index is 5.93. The van der Waals surface area contributed by atoms with Crippen molar-refractivity contribution in [2.75, 3.05) is 32.8 Å². The molecule has 2 N–H and O–H groups in total. The molecule has 1 unspecified atom stereocenters. The van der Waals surface area contributed by atoms with E-state index in [4.69, 9.17) is 9.47 Å². The predicted octanol–water partition coefficient (Wildman–Crippen LogP) is 2.36. The zero-order valence-corrected chi connectivity index (χ0v) is 14.3. The smallest absolute Gasteiger partial charge is 0.191 e. The SMILES string of the molecule is CCNC(=NCC1Cc2ccccc2O1)NCCCCOCC. The summed E-state index contributed by atoms with van der Waals surface area (Å²) in [5.41, 5.74) is 1.28. The molecule has 0 amide bonds. The molecular formula is C18H29N3O2. The topological polar surface area (TPSA) is 54.9 Å². The van der Waals surface area contributed by atoms with Crippen molar-refractivity contribution < 1.29 is 9.47 Å². The number of unbranched alkanes of at least 4 members (excludes halogenated alkanes) is 1. The fraction of sp³-hybridized carbons (Fsp3) is 0.611. The first-order valence-electron chi connectivity index (χ1n) is 8.68. The van der Waals surface area contributed by atoms with Crippen LogP contribution >= 0.6 is 0 Å². The number of aliphatic imine (C=N–C) groups is 1. The molecule has 0 saturated heterocycles. The Morgan fingerprint density at radius 3 is 2.91 bits per heavy atom. The molecule has 23 heavy (non-hydrogen) atoms. The highest BCUT2D eigenvalue weighted by molar-refractivity contribution is 5.79. The number of ether oxygens (including phenoxy) is 2. The average molecular weight is 319 g/mol. The monoisotopic (exact) mass is 319 g/mol. The van der Waals surface area contributed by atoms with Crippen molar-refractivity contribution in [3.8, 4) is 5.75 Å². The minimum atomic E-state index is 0.140. The minimum Gasteiger partial charge on any atom is -0.488 e. The number of guanidine groups is 1. The number of nitrogens with zero attached hydrogens (tertiary/aromatic N) is 1. The van der Waals surface area contributed by atoms with Gasteiger partial charge in [-0.1, -0.05) is 18.2 Å². The zero-order chi connectivity index (χ0) is 16.3. The van der Waals surface area contributed by atoms with E-state index < -0.39 is 0 Å². The van der Waals surface area contributed by atoms with Gasteiger partial charge in [-0.2, -0.15) is 0 Å². The molecule has 0 aromatic heterocycles. The second-order valence-corrected chi connectivity index (χ2v) is 5.60. The van der Waals surface area contributed by atoms with Crippen LogP contribution in [0.5, 0.6) is 5.75 Å². The summed E-state index contributed by atoms with van der Waals surface area (Å²) in [5, 5.41) is 6.65. The summed E-state index contributed by atoms with van der Waals surface area (Å²) in [4.78, 5) is 4.65. The lowest BCUT2D eigenvalue weighted by molar-refractivity contribution is 0.143. The van der Waals surface area contributed by atoms with Gasteiger partial charge in [0.2, 0.25) is 0 Å². The maximum Gasteiger partial charge on any atom is 0.191 e. The van der Waals surface area contributed by atoms with Gasteiger partial charge in [0.25, 0.3) is 0 Å². The van der Waals surface area contributed by atoms with Crippen LogP contribution in [0.3, 0.4) is 0 Å².